The molecule has 2 aromatic carbocycles. The van der Waals surface area contributed by atoms with Crippen molar-refractivity contribution in [3.63, 3.8) is 0 Å². The highest BCUT2D eigenvalue weighted by Gasteiger charge is 2.14. The Morgan fingerprint density at radius 2 is 1.97 bits per heavy atom. The van der Waals surface area contributed by atoms with Gasteiger partial charge in [-0.1, -0.05) is 23.7 Å². The molecule has 1 fully saturated rings. The van der Waals surface area contributed by atoms with Crippen molar-refractivity contribution >= 4 is 29.3 Å². The molecule has 3 rings (SSSR count). The Labute approximate surface area is 189 Å². The number of likely N-dealkylation sites (N-methyl/N-ethyl adjacent to an activating group) is 1. The van der Waals surface area contributed by atoms with Crippen LogP contribution < -0.4 is 14.8 Å². The summed E-state index contributed by atoms with van der Waals surface area (Å²) in [6, 6.07) is 11.5. The minimum absolute atomic E-state index is 0.208. The van der Waals surface area contributed by atoms with Crippen LogP contribution in [0.25, 0.3) is 6.08 Å². The Balaban J connectivity index is 1.62. The summed E-state index contributed by atoms with van der Waals surface area (Å²) < 4.78 is 10.9. The molecule has 1 saturated heterocycles. The van der Waals surface area contributed by atoms with Crippen molar-refractivity contribution in [1.82, 2.24) is 9.80 Å². The molecule has 31 heavy (non-hydrogen) atoms. The summed E-state index contributed by atoms with van der Waals surface area (Å²) in [6.45, 7) is 7.55. The molecule has 0 atom stereocenters. The van der Waals surface area contributed by atoms with Crippen LogP contribution in [0.4, 0.5) is 5.69 Å². The molecule has 0 aliphatic carbocycles. The predicted molar refractivity (Wildman–Crippen MR) is 126 cm³/mol. The second kappa shape index (κ2) is 11.2. The van der Waals surface area contributed by atoms with Crippen molar-refractivity contribution in [2.45, 2.75) is 13.5 Å². The van der Waals surface area contributed by atoms with E-state index in [0.29, 0.717) is 23.1 Å². The number of piperazine rings is 1. The first-order valence-corrected chi connectivity index (χ1v) is 10.9. The molecule has 0 bridgehead atoms. The Bertz CT molecular complexity index is 924. The number of hydrogen-bond donors (Lipinski definition) is 1. The van der Waals surface area contributed by atoms with Gasteiger partial charge in [-0.15, -0.1) is 0 Å². The number of anilines is 1. The van der Waals surface area contributed by atoms with Gasteiger partial charge in [-0.05, 0) is 55.4 Å². The molecule has 0 spiro atoms. The molecule has 2 aromatic rings. The third-order valence-corrected chi connectivity index (χ3v) is 5.44. The number of halogens is 1. The van der Waals surface area contributed by atoms with Gasteiger partial charge in [-0.2, -0.15) is 0 Å². The van der Waals surface area contributed by atoms with Crippen LogP contribution in [0, 0.1) is 0 Å². The van der Waals surface area contributed by atoms with E-state index in [9.17, 15) is 4.79 Å². The van der Waals surface area contributed by atoms with E-state index < -0.39 is 0 Å². The molecule has 0 radical (unpaired) electrons. The number of carbonyl (C=O) groups is 1. The number of nitrogens with one attached hydrogen (secondary N) is 1. The maximum Gasteiger partial charge on any atom is 0.248 e. The lowest BCUT2D eigenvalue weighted by atomic mass is 10.1. The average Bonchev–Trinajstić information content (AvgIpc) is 2.76. The second-order valence-corrected chi connectivity index (χ2v) is 7.98. The van der Waals surface area contributed by atoms with Crippen molar-refractivity contribution in [2.24, 2.45) is 0 Å². The first-order chi connectivity index (χ1) is 15.0. The zero-order valence-electron chi connectivity index (χ0n) is 18.4. The van der Waals surface area contributed by atoms with E-state index in [1.807, 2.05) is 25.1 Å². The zero-order chi connectivity index (χ0) is 22.2. The van der Waals surface area contributed by atoms with Crippen molar-refractivity contribution in [2.75, 3.05) is 52.3 Å². The van der Waals surface area contributed by atoms with Gasteiger partial charge in [0.1, 0.15) is 0 Å². The first-order valence-electron chi connectivity index (χ1n) is 10.5. The first kappa shape index (κ1) is 23.1. The summed E-state index contributed by atoms with van der Waals surface area (Å²) in [5.41, 5.74) is 2.72. The molecular weight excluding hydrogens is 414 g/mol. The van der Waals surface area contributed by atoms with Crippen LogP contribution in [0.1, 0.15) is 18.1 Å². The topological polar surface area (TPSA) is 54.0 Å². The Morgan fingerprint density at radius 1 is 1.19 bits per heavy atom. The fraction of sp³-hybridized carbons (Fsp3) is 0.375. The number of rotatable bonds is 8. The maximum absolute atomic E-state index is 12.4. The third kappa shape index (κ3) is 6.72. The second-order valence-electron chi connectivity index (χ2n) is 7.57. The summed E-state index contributed by atoms with van der Waals surface area (Å²) in [6.07, 6.45) is 3.19. The van der Waals surface area contributed by atoms with Crippen LogP contribution in [-0.2, 0) is 11.3 Å². The molecule has 1 aliphatic heterocycles. The summed E-state index contributed by atoms with van der Waals surface area (Å²) in [5, 5.41) is 3.37. The van der Waals surface area contributed by atoms with Gasteiger partial charge in [-0.3, -0.25) is 9.69 Å². The highest BCUT2D eigenvalue weighted by Crippen LogP contribution is 2.36. The van der Waals surface area contributed by atoms with E-state index >= 15 is 0 Å². The minimum Gasteiger partial charge on any atom is -0.493 e. The van der Waals surface area contributed by atoms with Crippen LogP contribution in [0.15, 0.2) is 42.5 Å². The lowest BCUT2D eigenvalue weighted by Crippen LogP contribution is -2.43. The molecule has 166 valence electrons. The molecule has 1 heterocycles. The third-order valence-electron chi connectivity index (χ3n) is 5.16. The predicted octanol–water partition coefficient (Wildman–Crippen LogP) is 4.15. The average molecular weight is 444 g/mol. The summed E-state index contributed by atoms with van der Waals surface area (Å²) in [5.74, 6) is 0.831. The fourth-order valence-electron chi connectivity index (χ4n) is 3.49. The molecule has 0 unspecified atom stereocenters. The lowest BCUT2D eigenvalue weighted by Gasteiger charge is -2.32. The van der Waals surface area contributed by atoms with Gasteiger partial charge in [0.25, 0.3) is 0 Å². The normalized spacial score (nSPS) is 15.2. The molecule has 7 heteroatoms. The zero-order valence-corrected chi connectivity index (χ0v) is 19.1. The number of hydrogen-bond acceptors (Lipinski definition) is 5. The van der Waals surface area contributed by atoms with E-state index in [1.54, 1.807) is 25.3 Å². The van der Waals surface area contributed by atoms with Crippen LogP contribution in [0.2, 0.25) is 5.02 Å². The lowest BCUT2D eigenvalue weighted by molar-refractivity contribution is -0.111. The molecule has 0 aromatic heterocycles. The standard InChI is InChI=1S/C24H30ClN3O3/c1-4-31-24-21(25)15-18(16-22(24)30-3)8-9-23(29)26-20-7-5-6-19(14-20)17-28-12-10-27(2)11-13-28/h5-9,14-16H,4,10-13,17H2,1-3H3,(H,26,29)/b9-8+. The molecular formula is C24H30ClN3O3. The number of ether oxygens (including phenoxy) is 2. The Morgan fingerprint density at radius 3 is 2.68 bits per heavy atom. The van der Waals surface area contributed by atoms with E-state index in [4.69, 9.17) is 21.1 Å². The largest absolute Gasteiger partial charge is 0.493 e. The van der Waals surface area contributed by atoms with Crippen LogP contribution in [0.3, 0.4) is 0 Å². The SMILES string of the molecule is CCOc1c(Cl)cc(/C=C/C(=O)Nc2cccc(CN3CCN(C)CC3)c2)cc1OC. The maximum atomic E-state index is 12.4. The minimum atomic E-state index is -0.208. The van der Waals surface area contributed by atoms with Crippen molar-refractivity contribution in [3.8, 4) is 11.5 Å². The van der Waals surface area contributed by atoms with Crippen molar-refractivity contribution in [3.05, 3.63) is 58.6 Å². The fourth-order valence-corrected chi connectivity index (χ4v) is 3.76. The van der Waals surface area contributed by atoms with Gasteiger partial charge in [0.2, 0.25) is 5.91 Å². The summed E-state index contributed by atoms with van der Waals surface area (Å²) >= 11 is 6.30. The molecule has 1 aliphatic rings. The highest BCUT2D eigenvalue weighted by atomic mass is 35.5. The quantitative estimate of drug-likeness (QED) is 0.621. The molecule has 0 saturated carbocycles. The molecule has 1 N–H and O–H groups in total. The van der Waals surface area contributed by atoms with Gasteiger partial charge in [0.05, 0.1) is 18.7 Å². The van der Waals surface area contributed by atoms with Gasteiger partial charge in [0, 0.05) is 44.5 Å². The monoisotopic (exact) mass is 443 g/mol. The van der Waals surface area contributed by atoms with Gasteiger partial charge in [0.15, 0.2) is 11.5 Å². The van der Waals surface area contributed by atoms with Crippen molar-refractivity contribution < 1.29 is 14.3 Å². The van der Waals surface area contributed by atoms with E-state index in [1.165, 1.54) is 11.6 Å². The Kier molecular flexibility index (Phi) is 8.35. The van der Waals surface area contributed by atoms with E-state index in [-0.39, 0.29) is 5.91 Å². The summed E-state index contributed by atoms with van der Waals surface area (Å²) in [7, 11) is 3.71. The number of benzene rings is 2. The highest BCUT2D eigenvalue weighted by molar-refractivity contribution is 6.32. The Hall–Kier alpha value is -2.54. The smallest absolute Gasteiger partial charge is 0.248 e. The van der Waals surface area contributed by atoms with Gasteiger partial charge in [-0.25, -0.2) is 0 Å². The van der Waals surface area contributed by atoms with E-state index in [0.717, 1.165) is 44.0 Å². The molecule has 6 nitrogen and oxygen atoms in total. The van der Waals surface area contributed by atoms with Gasteiger partial charge >= 0.3 is 0 Å². The summed E-state index contributed by atoms with van der Waals surface area (Å²) in [4.78, 5) is 17.2. The van der Waals surface area contributed by atoms with Crippen LogP contribution >= 0.6 is 11.6 Å². The van der Waals surface area contributed by atoms with Gasteiger partial charge < -0.3 is 19.7 Å². The van der Waals surface area contributed by atoms with Crippen LogP contribution in [-0.4, -0.2) is 62.7 Å². The van der Waals surface area contributed by atoms with Crippen molar-refractivity contribution in [1.29, 1.82) is 0 Å². The number of amides is 1. The number of nitrogens with zero attached hydrogens (tertiary/aromatic N) is 2. The number of carbonyl (C=O) groups excluding carboxylic acids is 1. The van der Waals surface area contributed by atoms with E-state index in [2.05, 4.69) is 28.2 Å². The number of methoxy groups -OCH3 is 1. The molecule has 1 amide bonds. The van der Waals surface area contributed by atoms with Crippen LogP contribution in [0.5, 0.6) is 11.5 Å².